The lowest BCUT2D eigenvalue weighted by molar-refractivity contribution is -0.121. The lowest BCUT2D eigenvalue weighted by atomic mass is 9.83. The number of hydrogen-bond donors (Lipinski definition) is 1. The van der Waals surface area contributed by atoms with Crippen molar-refractivity contribution in [2.45, 2.75) is 63.5 Å². The molecule has 0 spiro atoms. The molecule has 1 aliphatic heterocycles. The molecular weight excluding hydrogens is 528 g/mol. The number of anilines is 1. The van der Waals surface area contributed by atoms with E-state index < -0.39 is 28.1 Å². The topological polar surface area (TPSA) is 94.2 Å². The summed E-state index contributed by atoms with van der Waals surface area (Å²) < 4.78 is 46.3. The standard InChI is InChI=1S/C31H38N2O6S/c1-7-31(8-2)19-26(25-11-9-10-12-27(25)39-31)32-30(34)20-33(23-16-21(3)15-22(4)17-23)40(35,36)24-13-14-28(37-5)29(18-24)38-6/h9-18,26H,7-8,19-20H2,1-6H3,(H,32,34)/t26-/m0/s1. The first-order chi connectivity index (χ1) is 19.1. The van der Waals surface area contributed by atoms with Crippen LogP contribution >= 0.6 is 0 Å². The van der Waals surface area contributed by atoms with Gasteiger partial charge in [-0.25, -0.2) is 8.42 Å². The van der Waals surface area contributed by atoms with Crippen LogP contribution in [0.3, 0.4) is 0 Å². The van der Waals surface area contributed by atoms with Gasteiger partial charge < -0.3 is 19.5 Å². The number of fused-ring (bicyclic) bond motifs is 1. The van der Waals surface area contributed by atoms with Crippen LogP contribution in [0, 0.1) is 13.8 Å². The molecule has 3 aromatic carbocycles. The summed E-state index contributed by atoms with van der Waals surface area (Å²) in [7, 11) is -1.23. The highest BCUT2D eigenvalue weighted by molar-refractivity contribution is 7.92. The summed E-state index contributed by atoms with van der Waals surface area (Å²) in [6.45, 7) is 7.55. The van der Waals surface area contributed by atoms with E-state index in [1.807, 2.05) is 44.2 Å². The summed E-state index contributed by atoms with van der Waals surface area (Å²) in [5.74, 6) is 1.02. The van der Waals surface area contributed by atoms with E-state index in [9.17, 15) is 13.2 Å². The minimum absolute atomic E-state index is 0.00972. The molecule has 0 radical (unpaired) electrons. The van der Waals surface area contributed by atoms with Gasteiger partial charge >= 0.3 is 0 Å². The molecule has 1 amide bonds. The lowest BCUT2D eigenvalue weighted by Gasteiger charge is -2.41. The average molecular weight is 567 g/mol. The molecule has 1 N–H and O–H groups in total. The number of carbonyl (C=O) groups excluding carboxylic acids is 1. The van der Waals surface area contributed by atoms with Gasteiger partial charge in [0.25, 0.3) is 10.0 Å². The van der Waals surface area contributed by atoms with Crippen molar-refractivity contribution in [3.63, 3.8) is 0 Å². The van der Waals surface area contributed by atoms with Gasteiger partial charge in [0.1, 0.15) is 17.9 Å². The Morgan fingerprint density at radius 1 is 0.975 bits per heavy atom. The van der Waals surface area contributed by atoms with Crippen LogP contribution < -0.4 is 23.8 Å². The first-order valence-corrected chi connectivity index (χ1v) is 14.9. The molecule has 214 valence electrons. The van der Waals surface area contributed by atoms with Crippen LogP contribution in [0.4, 0.5) is 5.69 Å². The Labute approximate surface area is 237 Å². The molecule has 0 aliphatic carbocycles. The zero-order valence-corrected chi connectivity index (χ0v) is 24.8. The fraction of sp³-hybridized carbons (Fsp3) is 0.387. The molecule has 8 nitrogen and oxygen atoms in total. The van der Waals surface area contributed by atoms with Crippen LogP contribution in [0.1, 0.15) is 55.8 Å². The maximum atomic E-state index is 14.1. The van der Waals surface area contributed by atoms with Crippen LogP contribution in [0.25, 0.3) is 0 Å². The molecule has 1 aliphatic rings. The molecule has 0 fully saturated rings. The molecule has 3 aromatic rings. The number of hydrogen-bond acceptors (Lipinski definition) is 6. The molecule has 0 saturated carbocycles. The second-order valence-corrected chi connectivity index (χ2v) is 12.1. The number of ether oxygens (including phenoxy) is 3. The number of rotatable bonds is 10. The number of nitrogens with zero attached hydrogens (tertiary/aromatic N) is 1. The highest BCUT2D eigenvalue weighted by Gasteiger charge is 2.39. The molecular formula is C31H38N2O6S. The molecule has 1 heterocycles. The molecule has 0 bridgehead atoms. The summed E-state index contributed by atoms with van der Waals surface area (Å²) >= 11 is 0. The Bertz CT molecular complexity index is 1460. The summed E-state index contributed by atoms with van der Waals surface area (Å²) in [6, 6.07) is 17.3. The molecule has 40 heavy (non-hydrogen) atoms. The number of amides is 1. The van der Waals surface area contributed by atoms with Gasteiger partial charge in [-0.05, 0) is 68.1 Å². The van der Waals surface area contributed by atoms with E-state index in [1.54, 1.807) is 18.2 Å². The summed E-state index contributed by atoms with van der Waals surface area (Å²) in [5.41, 5.74) is 2.65. The van der Waals surface area contributed by atoms with Gasteiger partial charge in [0.2, 0.25) is 5.91 Å². The second-order valence-electron chi connectivity index (χ2n) is 10.2. The van der Waals surface area contributed by atoms with Crippen LogP contribution in [0.2, 0.25) is 0 Å². The minimum Gasteiger partial charge on any atom is -0.493 e. The fourth-order valence-electron chi connectivity index (χ4n) is 5.31. The Kier molecular flexibility index (Phi) is 8.63. The first-order valence-electron chi connectivity index (χ1n) is 13.5. The molecule has 1 atom stereocenters. The monoisotopic (exact) mass is 566 g/mol. The highest BCUT2D eigenvalue weighted by atomic mass is 32.2. The number of benzene rings is 3. The van der Waals surface area contributed by atoms with Crippen molar-refractivity contribution in [2.24, 2.45) is 0 Å². The average Bonchev–Trinajstić information content (AvgIpc) is 2.94. The van der Waals surface area contributed by atoms with Gasteiger partial charge in [-0.2, -0.15) is 0 Å². The third kappa shape index (κ3) is 5.89. The Hall–Kier alpha value is -3.72. The summed E-state index contributed by atoms with van der Waals surface area (Å²) in [5, 5.41) is 3.12. The molecule has 0 aromatic heterocycles. The second kappa shape index (κ2) is 11.8. The van der Waals surface area contributed by atoms with E-state index in [-0.39, 0.29) is 16.7 Å². The van der Waals surface area contributed by atoms with E-state index in [1.165, 1.54) is 26.4 Å². The third-order valence-corrected chi connectivity index (χ3v) is 9.32. The van der Waals surface area contributed by atoms with Gasteiger partial charge in [0.15, 0.2) is 11.5 Å². The van der Waals surface area contributed by atoms with Crippen molar-refractivity contribution in [2.75, 3.05) is 25.1 Å². The van der Waals surface area contributed by atoms with E-state index in [4.69, 9.17) is 14.2 Å². The number of nitrogens with one attached hydrogen (secondary N) is 1. The van der Waals surface area contributed by atoms with Crippen molar-refractivity contribution in [1.82, 2.24) is 5.32 Å². The largest absolute Gasteiger partial charge is 0.493 e. The number of carbonyl (C=O) groups is 1. The van der Waals surface area contributed by atoms with Gasteiger partial charge in [-0.3, -0.25) is 9.10 Å². The van der Waals surface area contributed by atoms with Gasteiger partial charge in [0, 0.05) is 18.1 Å². The number of sulfonamides is 1. The first kappa shape index (κ1) is 29.3. The fourth-order valence-corrected chi connectivity index (χ4v) is 6.73. The normalized spacial score (nSPS) is 15.9. The number of aryl methyl sites for hydroxylation is 2. The third-order valence-electron chi connectivity index (χ3n) is 7.55. The smallest absolute Gasteiger partial charge is 0.264 e. The molecule has 0 saturated heterocycles. The zero-order chi connectivity index (χ0) is 29.1. The minimum atomic E-state index is -4.16. The predicted molar refractivity (Wildman–Crippen MR) is 156 cm³/mol. The SMILES string of the molecule is CCC1(CC)C[C@H](NC(=O)CN(c2cc(C)cc(C)c2)S(=O)(=O)c2ccc(OC)c(OC)c2)c2ccccc2O1. The van der Waals surface area contributed by atoms with Crippen molar-refractivity contribution in [3.8, 4) is 17.2 Å². The van der Waals surface area contributed by atoms with Crippen molar-refractivity contribution >= 4 is 21.6 Å². The van der Waals surface area contributed by atoms with Crippen molar-refractivity contribution in [3.05, 3.63) is 77.4 Å². The van der Waals surface area contributed by atoms with E-state index in [0.29, 0.717) is 17.9 Å². The maximum absolute atomic E-state index is 14.1. The molecule has 0 unspecified atom stereocenters. The zero-order valence-electron chi connectivity index (χ0n) is 24.0. The predicted octanol–water partition coefficient (Wildman–Crippen LogP) is 5.71. The van der Waals surface area contributed by atoms with Crippen LogP contribution in [-0.2, 0) is 14.8 Å². The highest BCUT2D eigenvalue weighted by Crippen LogP contribution is 2.42. The van der Waals surface area contributed by atoms with E-state index >= 15 is 0 Å². The Morgan fingerprint density at radius 2 is 1.62 bits per heavy atom. The maximum Gasteiger partial charge on any atom is 0.264 e. The van der Waals surface area contributed by atoms with E-state index in [0.717, 1.165) is 39.6 Å². The van der Waals surface area contributed by atoms with E-state index in [2.05, 4.69) is 19.2 Å². The number of methoxy groups -OCH3 is 2. The Morgan fingerprint density at radius 3 is 2.25 bits per heavy atom. The van der Waals surface area contributed by atoms with Crippen LogP contribution in [0.5, 0.6) is 17.2 Å². The number of para-hydroxylation sites is 1. The quantitative estimate of drug-likeness (QED) is 0.338. The van der Waals surface area contributed by atoms with Crippen LogP contribution in [0.15, 0.2) is 65.6 Å². The van der Waals surface area contributed by atoms with Crippen molar-refractivity contribution < 1.29 is 27.4 Å². The van der Waals surface area contributed by atoms with Gasteiger partial charge in [0.05, 0.1) is 30.8 Å². The summed E-state index contributed by atoms with van der Waals surface area (Å²) in [6.07, 6.45) is 2.16. The molecule has 9 heteroatoms. The van der Waals surface area contributed by atoms with Crippen molar-refractivity contribution in [1.29, 1.82) is 0 Å². The lowest BCUT2D eigenvalue weighted by Crippen LogP contribution is -2.47. The van der Waals surface area contributed by atoms with Gasteiger partial charge in [-0.15, -0.1) is 0 Å². The molecule has 4 rings (SSSR count). The van der Waals surface area contributed by atoms with Gasteiger partial charge in [-0.1, -0.05) is 38.1 Å². The summed E-state index contributed by atoms with van der Waals surface area (Å²) in [4.78, 5) is 13.7. The van der Waals surface area contributed by atoms with Crippen LogP contribution in [-0.4, -0.2) is 40.7 Å². The Balaban J connectivity index is 1.71.